The lowest BCUT2D eigenvalue weighted by molar-refractivity contribution is -0.274. The van der Waals surface area contributed by atoms with Crippen LogP contribution < -0.4 is 15.0 Å². The summed E-state index contributed by atoms with van der Waals surface area (Å²) in [5, 5.41) is 7.60. The van der Waals surface area contributed by atoms with Crippen molar-refractivity contribution < 1.29 is 27.5 Å². The molecule has 3 amide bonds. The number of nitrogens with one attached hydrogen (secondary N) is 1. The van der Waals surface area contributed by atoms with Crippen molar-refractivity contribution in [2.24, 2.45) is 4.99 Å². The number of halogens is 3. The van der Waals surface area contributed by atoms with E-state index in [4.69, 9.17) is 0 Å². The number of amidine groups is 1. The first-order chi connectivity index (χ1) is 21.9. The molecule has 0 bridgehead atoms. The number of benzene rings is 3. The number of hydrogen-bond donors (Lipinski definition) is 1. The van der Waals surface area contributed by atoms with E-state index in [1.54, 1.807) is 0 Å². The number of alkyl halides is 3. The van der Waals surface area contributed by atoms with Gasteiger partial charge in [0.15, 0.2) is 11.0 Å². The van der Waals surface area contributed by atoms with E-state index in [9.17, 15) is 22.8 Å². The third kappa shape index (κ3) is 8.02. The van der Waals surface area contributed by atoms with Crippen molar-refractivity contribution in [2.45, 2.75) is 46.0 Å². The van der Waals surface area contributed by atoms with Crippen LogP contribution in [0.5, 0.6) is 5.75 Å². The molecule has 1 atom stereocenters. The predicted octanol–water partition coefficient (Wildman–Crippen LogP) is 7.51. The van der Waals surface area contributed by atoms with E-state index in [1.165, 1.54) is 51.9 Å². The molecule has 5 rings (SSSR count). The Morgan fingerprint density at radius 2 is 1.78 bits per heavy atom. The second kappa shape index (κ2) is 13.6. The lowest BCUT2D eigenvalue weighted by Gasteiger charge is -2.22. The molecule has 13 heteroatoms. The van der Waals surface area contributed by atoms with Gasteiger partial charge in [-0.05, 0) is 66.8 Å². The fourth-order valence-electron chi connectivity index (χ4n) is 4.70. The van der Waals surface area contributed by atoms with E-state index in [2.05, 4.69) is 39.0 Å². The largest absolute Gasteiger partial charge is 0.573 e. The average molecular weight is 649 g/mol. The van der Waals surface area contributed by atoms with Crippen LogP contribution in [-0.4, -0.2) is 50.0 Å². The highest BCUT2D eigenvalue weighted by Crippen LogP contribution is 2.34. The van der Waals surface area contributed by atoms with E-state index < -0.39 is 12.4 Å². The van der Waals surface area contributed by atoms with Gasteiger partial charge in [0.1, 0.15) is 12.1 Å². The van der Waals surface area contributed by atoms with Gasteiger partial charge in [-0.2, -0.15) is 4.99 Å². The molecule has 3 aromatic carbocycles. The van der Waals surface area contributed by atoms with E-state index in [0.717, 1.165) is 27.9 Å². The zero-order valence-electron chi connectivity index (χ0n) is 25.4. The van der Waals surface area contributed by atoms with Crippen LogP contribution in [0.25, 0.3) is 23.2 Å². The summed E-state index contributed by atoms with van der Waals surface area (Å²) < 4.78 is 42.6. The molecule has 1 saturated heterocycles. The Hall–Kier alpha value is -4.91. The standard InChI is InChI=1S/C33H31F3N6O3S/c1-20(2)27-16-5-21(3)17-28(27)42-29(43)18-46-32(42)39-31(44)38-22(4)6-7-23-8-10-24(11-9-23)30-37-19-41(40-30)25-12-14-26(15-13-25)45-33(34,35)36/h5-17,19-20,22H,18H2,1-4H3,(H,38,44). The molecule has 4 aromatic rings. The zero-order chi connectivity index (χ0) is 33.0. The first-order valence-electron chi connectivity index (χ1n) is 14.4. The van der Waals surface area contributed by atoms with E-state index >= 15 is 0 Å². The van der Waals surface area contributed by atoms with Crippen LogP contribution in [0.2, 0.25) is 0 Å². The number of thioether (sulfide) groups is 1. The Bertz CT molecular complexity index is 1780. The Labute approximate surface area is 268 Å². The maximum atomic E-state index is 12.8. The Kier molecular flexibility index (Phi) is 9.61. The number of aryl methyl sites for hydroxylation is 1. The van der Waals surface area contributed by atoms with Gasteiger partial charge in [-0.25, -0.2) is 14.5 Å². The number of amides is 3. The summed E-state index contributed by atoms with van der Waals surface area (Å²) in [6.45, 7) is 7.90. The molecule has 1 aliphatic rings. The number of aliphatic imine (C=N–C) groups is 1. The first kappa shape index (κ1) is 32.5. The van der Waals surface area contributed by atoms with Crippen LogP contribution in [0.15, 0.2) is 84.1 Å². The van der Waals surface area contributed by atoms with Crippen molar-refractivity contribution >= 4 is 40.6 Å². The van der Waals surface area contributed by atoms with Gasteiger partial charge in [-0.3, -0.25) is 9.69 Å². The molecular formula is C33H31F3N6O3S. The van der Waals surface area contributed by atoms with Crippen LogP contribution in [0.1, 0.15) is 43.4 Å². The summed E-state index contributed by atoms with van der Waals surface area (Å²) in [4.78, 5) is 35.7. The molecule has 1 unspecified atom stereocenters. The minimum atomic E-state index is -4.76. The smallest absolute Gasteiger partial charge is 0.406 e. The number of nitrogens with zero attached hydrogens (tertiary/aromatic N) is 5. The van der Waals surface area contributed by atoms with Crippen molar-refractivity contribution in [3.63, 3.8) is 0 Å². The molecule has 0 radical (unpaired) electrons. The number of rotatable bonds is 8. The summed E-state index contributed by atoms with van der Waals surface area (Å²) in [6.07, 6.45) is 0.401. The van der Waals surface area contributed by atoms with Crippen LogP contribution in [0.3, 0.4) is 0 Å². The molecule has 0 spiro atoms. The maximum Gasteiger partial charge on any atom is 0.573 e. The van der Waals surface area contributed by atoms with Crippen LogP contribution >= 0.6 is 11.8 Å². The van der Waals surface area contributed by atoms with E-state index in [-0.39, 0.29) is 29.4 Å². The molecule has 1 aromatic heterocycles. The van der Waals surface area contributed by atoms with Gasteiger partial charge in [0.25, 0.3) is 0 Å². The molecule has 1 fully saturated rings. The summed E-state index contributed by atoms with van der Waals surface area (Å²) in [5.41, 5.74) is 4.91. The highest BCUT2D eigenvalue weighted by molar-refractivity contribution is 8.15. The maximum absolute atomic E-state index is 12.8. The first-order valence-corrected chi connectivity index (χ1v) is 15.4. The lowest BCUT2D eigenvalue weighted by Crippen LogP contribution is -2.34. The molecule has 1 N–H and O–H groups in total. The van der Waals surface area contributed by atoms with Crippen LogP contribution in [-0.2, 0) is 4.79 Å². The molecule has 46 heavy (non-hydrogen) atoms. The van der Waals surface area contributed by atoms with Gasteiger partial charge in [0.05, 0.1) is 17.1 Å². The second-order valence-corrected chi connectivity index (χ2v) is 11.8. The third-order valence-corrected chi connectivity index (χ3v) is 7.86. The topological polar surface area (TPSA) is 102 Å². The second-order valence-electron chi connectivity index (χ2n) is 10.9. The Balaban J connectivity index is 1.20. The van der Waals surface area contributed by atoms with Gasteiger partial charge < -0.3 is 10.1 Å². The summed E-state index contributed by atoms with van der Waals surface area (Å²) in [5.74, 6) is 0.405. The number of aromatic nitrogens is 3. The summed E-state index contributed by atoms with van der Waals surface area (Å²) in [7, 11) is 0. The molecule has 0 saturated carbocycles. The zero-order valence-corrected chi connectivity index (χ0v) is 26.3. The quantitative estimate of drug-likeness (QED) is 0.212. The predicted molar refractivity (Wildman–Crippen MR) is 173 cm³/mol. The molecule has 2 heterocycles. The molecular weight excluding hydrogens is 617 g/mol. The fraction of sp³-hybridized carbons (Fsp3) is 0.242. The number of carbonyl (C=O) groups is 2. The van der Waals surface area contributed by atoms with Crippen LogP contribution in [0, 0.1) is 6.92 Å². The molecule has 0 aliphatic carbocycles. The van der Waals surface area contributed by atoms with Gasteiger partial charge in [0.2, 0.25) is 5.91 Å². The van der Waals surface area contributed by atoms with Crippen molar-refractivity contribution in [3.05, 3.63) is 95.8 Å². The number of carbonyl (C=O) groups excluding carboxylic acids is 2. The van der Waals surface area contributed by atoms with E-state index in [1.807, 2.05) is 68.5 Å². The van der Waals surface area contributed by atoms with Crippen molar-refractivity contribution in [3.8, 4) is 22.8 Å². The van der Waals surface area contributed by atoms with Crippen molar-refractivity contribution in [2.75, 3.05) is 10.7 Å². The molecule has 9 nitrogen and oxygen atoms in total. The van der Waals surface area contributed by atoms with Gasteiger partial charge in [0, 0.05) is 11.6 Å². The highest BCUT2D eigenvalue weighted by atomic mass is 32.2. The lowest BCUT2D eigenvalue weighted by atomic mass is 9.99. The normalized spacial score (nSPS) is 15.3. The Morgan fingerprint density at radius 1 is 1.07 bits per heavy atom. The monoisotopic (exact) mass is 648 g/mol. The molecule has 1 aliphatic heterocycles. The number of anilines is 1. The SMILES string of the molecule is Cc1ccc(C(C)C)c(N2C(=O)CSC2=NC(=O)NC(C)C=Cc2ccc(-c3ncn(-c4ccc(OC(F)(F)F)cc4)n3)cc2)c1. The Morgan fingerprint density at radius 3 is 2.46 bits per heavy atom. The van der Waals surface area contributed by atoms with Gasteiger partial charge >= 0.3 is 12.4 Å². The molecule has 238 valence electrons. The van der Waals surface area contributed by atoms with Gasteiger partial charge in [-0.1, -0.05) is 74.2 Å². The van der Waals surface area contributed by atoms with Crippen molar-refractivity contribution in [1.82, 2.24) is 20.1 Å². The minimum absolute atomic E-state index is 0.115. The minimum Gasteiger partial charge on any atom is -0.406 e. The van der Waals surface area contributed by atoms with Crippen molar-refractivity contribution in [1.29, 1.82) is 0 Å². The summed E-state index contributed by atoms with van der Waals surface area (Å²) in [6, 6.07) is 17.8. The fourth-order valence-corrected chi connectivity index (χ4v) is 5.56. The van der Waals surface area contributed by atoms with Crippen LogP contribution in [0.4, 0.5) is 23.7 Å². The third-order valence-electron chi connectivity index (χ3n) is 6.94. The number of urea groups is 1. The summed E-state index contributed by atoms with van der Waals surface area (Å²) >= 11 is 1.24. The average Bonchev–Trinajstić information content (AvgIpc) is 3.63. The van der Waals surface area contributed by atoms with Gasteiger partial charge in [-0.15, -0.1) is 18.3 Å². The number of hydrogen-bond acceptors (Lipinski definition) is 6. The number of ether oxygens (including phenoxy) is 1. The van der Waals surface area contributed by atoms with E-state index in [0.29, 0.717) is 16.7 Å². The highest BCUT2D eigenvalue weighted by Gasteiger charge is 2.33.